The minimum atomic E-state index is -1.21. The number of carbonyl (C=O) groups is 1. The van der Waals surface area contributed by atoms with Gasteiger partial charge in [0.1, 0.15) is 5.75 Å². The second-order valence-corrected chi connectivity index (χ2v) is 1.69. The minimum Gasteiger partial charge on any atom is -0.508 e. The number of carboxylic acid groups (broad SMARTS) is 1. The number of hydrogen-bond acceptors (Lipinski definition) is 2. The first-order chi connectivity index (χ1) is 5.52. The molecule has 0 aliphatic carbocycles. The van der Waals surface area contributed by atoms with Crippen LogP contribution in [0.3, 0.4) is 0 Å². The molecule has 0 radical (unpaired) electrons. The lowest BCUT2D eigenvalue weighted by molar-refractivity contribution is 0.0697. The van der Waals surface area contributed by atoms with Gasteiger partial charge in [-0.3, -0.25) is 0 Å². The molecule has 3 nitrogen and oxygen atoms in total. The standard InChI is InChI=1S/C7H6O3/c8-6-3-1-5(2-4-6)7(9)10/h1-4,8H,(H,9,10)/i3D,4D. The quantitative estimate of drug-likeness (QED) is 0.613. The summed E-state index contributed by atoms with van der Waals surface area (Å²) in [6, 6.07) is 1.30. The molecule has 1 rings (SSSR count). The monoisotopic (exact) mass is 140 g/mol. The Bertz CT molecular complexity index is 312. The Labute approximate surface area is 60.4 Å². The van der Waals surface area contributed by atoms with Crippen LogP contribution in [0.1, 0.15) is 13.1 Å². The zero-order valence-corrected chi connectivity index (χ0v) is 4.96. The lowest BCUT2D eigenvalue weighted by Gasteiger charge is -1.92. The Hall–Kier alpha value is -1.51. The van der Waals surface area contributed by atoms with Gasteiger partial charge >= 0.3 is 5.97 Å². The fraction of sp³-hybridized carbons (Fsp3) is 0. The molecule has 0 bridgehead atoms. The van der Waals surface area contributed by atoms with E-state index in [0.717, 1.165) is 12.1 Å². The average Bonchev–Trinajstić information content (AvgIpc) is 1.99. The third kappa shape index (κ3) is 1.25. The number of phenolic OH excluding ortho intramolecular Hbond substituents is 1. The van der Waals surface area contributed by atoms with Crippen LogP contribution < -0.4 is 0 Å². The second-order valence-electron chi connectivity index (χ2n) is 1.69. The summed E-state index contributed by atoms with van der Waals surface area (Å²) in [5.74, 6) is -1.71. The van der Waals surface area contributed by atoms with Crippen LogP contribution in [0.15, 0.2) is 24.2 Å². The number of rotatable bonds is 1. The summed E-state index contributed by atoms with van der Waals surface area (Å²) in [5.41, 5.74) is -0.164. The van der Waals surface area contributed by atoms with E-state index in [1.54, 1.807) is 0 Å². The van der Waals surface area contributed by atoms with E-state index in [-0.39, 0.29) is 17.6 Å². The number of aromatic carboxylic acids is 1. The van der Waals surface area contributed by atoms with Crippen molar-refractivity contribution >= 4 is 5.97 Å². The number of phenols is 1. The van der Waals surface area contributed by atoms with Crippen molar-refractivity contribution in [2.45, 2.75) is 0 Å². The van der Waals surface area contributed by atoms with E-state index in [4.69, 9.17) is 13.0 Å². The molecule has 0 heterocycles. The van der Waals surface area contributed by atoms with Gasteiger partial charge in [-0.05, 0) is 24.2 Å². The van der Waals surface area contributed by atoms with E-state index in [0.29, 0.717) is 0 Å². The first-order valence-corrected chi connectivity index (χ1v) is 2.56. The van der Waals surface area contributed by atoms with Gasteiger partial charge in [0.2, 0.25) is 0 Å². The minimum absolute atomic E-state index is 0.164. The molecule has 1 aromatic carbocycles. The number of benzene rings is 1. The second kappa shape index (κ2) is 2.39. The van der Waals surface area contributed by atoms with Crippen LogP contribution in [0.4, 0.5) is 0 Å². The van der Waals surface area contributed by atoms with Crippen LogP contribution >= 0.6 is 0 Å². The third-order valence-electron chi connectivity index (χ3n) is 0.976. The Balaban J connectivity index is 3.31. The molecule has 0 aliphatic rings. The summed E-state index contributed by atoms with van der Waals surface area (Å²) in [7, 11) is 0. The zero-order chi connectivity index (χ0) is 9.30. The summed E-state index contributed by atoms with van der Waals surface area (Å²) in [6.07, 6.45) is 0. The average molecular weight is 140 g/mol. The Morgan fingerprint density at radius 2 is 2.00 bits per heavy atom. The Morgan fingerprint density at radius 3 is 2.40 bits per heavy atom. The van der Waals surface area contributed by atoms with Crippen LogP contribution in [0, 0.1) is 0 Å². The Morgan fingerprint density at radius 1 is 1.50 bits per heavy atom. The maximum atomic E-state index is 10.4. The van der Waals surface area contributed by atoms with Gasteiger partial charge in [0.15, 0.2) is 0 Å². The molecule has 52 valence electrons. The predicted molar refractivity (Wildman–Crippen MR) is 35.1 cm³/mol. The summed E-state index contributed by atoms with van der Waals surface area (Å²) < 4.78 is 14.1. The van der Waals surface area contributed by atoms with Gasteiger partial charge in [0.05, 0.1) is 8.30 Å². The highest BCUT2D eigenvalue weighted by Gasteiger charge is 1.99. The van der Waals surface area contributed by atoms with E-state index in [2.05, 4.69) is 0 Å². The van der Waals surface area contributed by atoms with Crippen LogP contribution in [0.5, 0.6) is 5.75 Å². The van der Waals surface area contributed by atoms with E-state index in [1.165, 1.54) is 0 Å². The van der Waals surface area contributed by atoms with Gasteiger partial charge in [0.25, 0.3) is 0 Å². The van der Waals surface area contributed by atoms with Crippen molar-refractivity contribution in [2.24, 2.45) is 0 Å². The summed E-state index contributed by atoms with van der Waals surface area (Å²) >= 11 is 0. The van der Waals surface area contributed by atoms with Crippen LogP contribution in [0.25, 0.3) is 0 Å². The topological polar surface area (TPSA) is 57.5 Å². The van der Waals surface area contributed by atoms with Crippen molar-refractivity contribution in [3.8, 4) is 5.75 Å². The lowest BCUT2D eigenvalue weighted by Crippen LogP contribution is -1.93. The highest BCUT2D eigenvalue weighted by atomic mass is 16.4. The third-order valence-corrected chi connectivity index (χ3v) is 0.976. The van der Waals surface area contributed by atoms with E-state index >= 15 is 0 Å². The molecule has 3 heteroatoms. The van der Waals surface area contributed by atoms with Crippen molar-refractivity contribution in [1.82, 2.24) is 0 Å². The van der Waals surface area contributed by atoms with Crippen molar-refractivity contribution in [1.29, 1.82) is 0 Å². The van der Waals surface area contributed by atoms with Gasteiger partial charge in [0, 0.05) is 0 Å². The lowest BCUT2D eigenvalue weighted by atomic mass is 10.2. The van der Waals surface area contributed by atoms with Gasteiger partial charge in [-0.25, -0.2) is 4.79 Å². The predicted octanol–water partition coefficient (Wildman–Crippen LogP) is 1.09. The molecule has 0 fully saturated rings. The first-order valence-electron chi connectivity index (χ1n) is 3.56. The van der Waals surface area contributed by atoms with Gasteiger partial charge < -0.3 is 10.2 Å². The van der Waals surface area contributed by atoms with Crippen molar-refractivity contribution < 1.29 is 17.7 Å². The maximum Gasteiger partial charge on any atom is 0.335 e. The van der Waals surface area contributed by atoms with Crippen LogP contribution in [-0.2, 0) is 0 Å². The van der Waals surface area contributed by atoms with Gasteiger partial charge in [-0.1, -0.05) is 0 Å². The molecule has 0 unspecified atom stereocenters. The molecule has 0 aromatic heterocycles. The normalized spacial score (nSPS) is 12.0. The highest BCUT2D eigenvalue weighted by molar-refractivity contribution is 5.87. The van der Waals surface area contributed by atoms with Crippen LogP contribution in [0.2, 0.25) is 0 Å². The molecule has 2 N–H and O–H groups in total. The largest absolute Gasteiger partial charge is 0.508 e. The molecule has 0 aliphatic heterocycles. The smallest absolute Gasteiger partial charge is 0.335 e. The van der Waals surface area contributed by atoms with E-state index in [9.17, 15) is 4.79 Å². The number of carboxylic acids is 1. The van der Waals surface area contributed by atoms with Crippen molar-refractivity contribution in [3.05, 3.63) is 29.8 Å². The highest BCUT2D eigenvalue weighted by Crippen LogP contribution is 2.08. The molecule has 0 amide bonds. The summed E-state index contributed by atoms with van der Waals surface area (Å²) in [6.45, 7) is 0. The van der Waals surface area contributed by atoms with Crippen LogP contribution in [-0.4, -0.2) is 16.2 Å². The summed E-state index contributed by atoms with van der Waals surface area (Å²) in [4.78, 5) is 10.4. The summed E-state index contributed by atoms with van der Waals surface area (Å²) in [5, 5.41) is 17.4. The zero-order valence-electron chi connectivity index (χ0n) is 6.96. The SMILES string of the molecule is [2H]c1cc(C(=O)O)cc([2H])c1O. The Kier molecular flexibility index (Phi) is 1.03. The first kappa shape index (κ1) is 4.33. The molecular formula is C7H6O3. The van der Waals surface area contributed by atoms with Gasteiger partial charge in [-0.15, -0.1) is 0 Å². The number of hydrogen-bond donors (Lipinski definition) is 2. The fourth-order valence-electron chi connectivity index (χ4n) is 0.499. The molecular weight excluding hydrogens is 132 g/mol. The van der Waals surface area contributed by atoms with Crippen molar-refractivity contribution in [3.63, 3.8) is 0 Å². The molecule has 0 atom stereocenters. The van der Waals surface area contributed by atoms with Gasteiger partial charge in [-0.2, -0.15) is 0 Å². The number of aromatic hydroxyl groups is 1. The molecule has 1 aromatic rings. The maximum absolute atomic E-state index is 10.4. The van der Waals surface area contributed by atoms with Crippen molar-refractivity contribution in [2.75, 3.05) is 0 Å². The van der Waals surface area contributed by atoms with E-state index < -0.39 is 11.7 Å². The molecule has 0 saturated heterocycles. The molecule has 0 spiro atoms. The van der Waals surface area contributed by atoms with E-state index in [1.807, 2.05) is 0 Å². The molecule has 10 heavy (non-hydrogen) atoms. The fourth-order valence-corrected chi connectivity index (χ4v) is 0.499. The molecule has 0 saturated carbocycles.